The van der Waals surface area contributed by atoms with Gasteiger partial charge in [-0.2, -0.15) is 0 Å². The fraction of sp³-hybridized carbons (Fsp3) is 0.471. The molecule has 0 fully saturated rings. The summed E-state index contributed by atoms with van der Waals surface area (Å²) in [6.45, 7) is 13.5. The molecule has 2 N–H and O–H groups in total. The minimum absolute atomic E-state index is 0.0473. The SMILES string of the molecule is CCCCCC(C)(C)c1ccc(O)c(-c2cc(C(C)(C)CCCCC)cc(-n3nc4ccccc4n3)c2O)c1. The van der Waals surface area contributed by atoms with Gasteiger partial charge in [0.15, 0.2) is 5.75 Å². The van der Waals surface area contributed by atoms with Crippen molar-refractivity contribution in [2.24, 2.45) is 0 Å². The van der Waals surface area contributed by atoms with Gasteiger partial charge in [0.05, 0.1) is 0 Å². The lowest BCUT2D eigenvalue weighted by molar-refractivity contribution is 0.442. The van der Waals surface area contributed by atoms with Gasteiger partial charge in [0.1, 0.15) is 22.5 Å². The van der Waals surface area contributed by atoms with Crippen molar-refractivity contribution in [2.75, 3.05) is 0 Å². The molecular weight excluding hydrogens is 482 g/mol. The number of aromatic hydroxyl groups is 2. The van der Waals surface area contributed by atoms with Crippen LogP contribution in [0.4, 0.5) is 0 Å². The Morgan fingerprint density at radius 1 is 0.667 bits per heavy atom. The number of hydrogen-bond donors (Lipinski definition) is 2. The van der Waals surface area contributed by atoms with Crippen molar-refractivity contribution < 1.29 is 10.2 Å². The van der Waals surface area contributed by atoms with Gasteiger partial charge in [0, 0.05) is 11.1 Å². The minimum atomic E-state index is -0.133. The van der Waals surface area contributed by atoms with Crippen molar-refractivity contribution in [3.05, 3.63) is 65.7 Å². The van der Waals surface area contributed by atoms with Crippen LogP contribution in [0.25, 0.3) is 27.8 Å². The van der Waals surface area contributed by atoms with Crippen LogP contribution in [0.15, 0.2) is 54.6 Å². The van der Waals surface area contributed by atoms with Crippen molar-refractivity contribution in [3.63, 3.8) is 0 Å². The fourth-order valence-electron chi connectivity index (χ4n) is 5.43. The van der Waals surface area contributed by atoms with Crippen LogP contribution in [0.3, 0.4) is 0 Å². The molecule has 0 aliphatic heterocycles. The Labute approximate surface area is 233 Å². The molecule has 0 radical (unpaired) electrons. The molecule has 4 rings (SSSR count). The van der Waals surface area contributed by atoms with Gasteiger partial charge >= 0.3 is 0 Å². The summed E-state index contributed by atoms with van der Waals surface area (Å²) >= 11 is 0. The largest absolute Gasteiger partial charge is 0.507 e. The predicted molar refractivity (Wildman–Crippen MR) is 162 cm³/mol. The van der Waals surface area contributed by atoms with Gasteiger partial charge in [-0.3, -0.25) is 0 Å². The molecule has 5 heteroatoms. The number of nitrogens with zero attached hydrogens (tertiary/aromatic N) is 3. The highest BCUT2D eigenvalue weighted by Crippen LogP contribution is 2.44. The van der Waals surface area contributed by atoms with Gasteiger partial charge < -0.3 is 10.2 Å². The number of phenolic OH excluding ortho intramolecular Hbond substituents is 2. The molecule has 0 atom stereocenters. The molecule has 1 aromatic heterocycles. The molecule has 5 nitrogen and oxygen atoms in total. The minimum Gasteiger partial charge on any atom is -0.507 e. The van der Waals surface area contributed by atoms with Crippen molar-refractivity contribution >= 4 is 11.0 Å². The summed E-state index contributed by atoms with van der Waals surface area (Å²) in [4.78, 5) is 1.53. The monoisotopic (exact) mass is 527 g/mol. The van der Waals surface area contributed by atoms with Crippen LogP contribution in [-0.2, 0) is 10.8 Å². The van der Waals surface area contributed by atoms with E-state index in [1.165, 1.54) is 30.5 Å². The van der Waals surface area contributed by atoms with Gasteiger partial charge in [-0.25, -0.2) is 0 Å². The van der Waals surface area contributed by atoms with E-state index in [9.17, 15) is 10.2 Å². The van der Waals surface area contributed by atoms with Crippen molar-refractivity contribution in [2.45, 2.75) is 104 Å². The van der Waals surface area contributed by atoms with E-state index in [0.29, 0.717) is 16.8 Å². The number of phenols is 2. The highest BCUT2D eigenvalue weighted by molar-refractivity contribution is 5.81. The quantitative estimate of drug-likeness (QED) is 0.180. The first-order valence-electron chi connectivity index (χ1n) is 14.6. The maximum absolute atomic E-state index is 11.7. The van der Waals surface area contributed by atoms with E-state index in [1.807, 2.05) is 36.4 Å². The first-order valence-corrected chi connectivity index (χ1v) is 14.6. The first-order chi connectivity index (χ1) is 18.6. The maximum atomic E-state index is 11.7. The van der Waals surface area contributed by atoms with Crippen molar-refractivity contribution in [1.82, 2.24) is 15.0 Å². The number of hydrogen-bond acceptors (Lipinski definition) is 4. The van der Waals surface area contributed by atoms with Crippen LogP contribution in [0.5, 0.6) is 11.5 Å². The van der Waals surface area contributed by atoms with Crippen LogP contribution in [0.2, 0.25) is 0 Å². The van der Waals surface area contributed by atoms with E-state index in [-0.39, 0.29) is 22.3 Å². The van der Waals surface area contributed by atoms with E-state index in [1.54, 1.807) is 6.07 Å². The molecule has 39 heavy (non-hydrogen) atoms. The molecule has 3 aromatic carbocycles. The summed E-state index contributed by atoms with van der Waals surface area (Å²) in [5, 5.41) is 32.2. The Morgan fingerprint density at radius 2 is 1.21 bits per heavy atom. The number of rotatable bonds is 12. The lowest BCUT2D eigenvalue weighted by atomic mass is 9.77. The van der Waals surface area contributed by atoms with Crippen LogP contribution >= 0.6 is 0 Å². The van der Waals surface area contributed by atoms with E-state index in [0.717, 1.165) is 47.8 Å². The summed E-state index contributed by atoms with van der Waals surface area (Å²) in [7, 11) is 0. The zero-order valence-corrected chi connectivity index (χ0v) is 24.6. The van der Waals surface area contributed by atoms with Gasteiger partial charge in [-0.15, -0.1) is 15.0 Å². The zero-order valence-electron chi connectivity index (χ0n) is 24.6. The molecular formula is C34H45N3O2. The number of benzene rings is 3. The molecule has 0 saturated heterocycles. The van der Waals surface area contributed by atoms with E-state index >= 15 is 0 Å². The predicted octanol–water partition coefficient (Wildman–Crippen LogP) is 9.21. The zero-order chi connectivity index (χ0) is 28.2. The van der Waals surface area contributed by atoms with Gasteiger partial charge in [0.2, 0.25) is 0 Å². The normalized spacial score (nSPS) is 12.4. The summed E-state index contributed by atoms with van der Waals surface area (Å²) in [5.41, 5.74) is 5.37. The average molecular weight is 528 g/mol. The number of fused-ring (bicyclic) bond motifs is 1. The van der Waals surface area contributed by atoms with Crippen LogP contribution in [0, 0.1) is 0 Å². The lowest BCUT2D eigenvalue weighted by Gasteiger charge is -2.28. The first kappa shape index (κ1) is 28.7. The molecule has 0 saturated carbocycles. The Balaban J connectivity index is 1.88. The summed E-state index contributed by atoms with van der Waals surface area (Å²) in [5.74, 6) is 0.225. The Hall–Kier alpha value is -3.34. The van der Waals surface area contributed by atoms with Crippen LogP contribution in [0.1, 0.15) is 104 Å². The van der Waals surface area contributed by atoms with Crippen LogP contribution in [-0.4, -0.2) is 25.2 Å². The molecule has 0 amide bonds. The molecule has 0 unspecified atom stereocenters. The Kier molecular flexibility index (Phi) is 8.68. The topological polar surface area (TPSA) is 71.2 Å². The van der Waals surface area contributed by atoms with Gasteiger partial charge in [0.25, 0.3) is 0 Å². The summed E-state index contributed by atoms with van der Waals surface area (Å²) in [6, 6.07) is 17.6. The van der Waals surface area contributed by atoms with Crippen molar-refractivity contribution in [1.29, 1.82) is 0 Å². The Bertz CT molecular complexity index is 1380. The smallest absolute Gasteiger partial charge is 0.151 e. The van der Waals surface area contributed by atoms with Gasteiger partial charge in [-0.1, -0.05) is 98.3 Å². The van der Waals surface area contributed by atoms with E-state index < -0.39 is 0 Å². The van der Waals surface area contributed by atoms with Gasteiger partial charge in [-0.05, 0) is 71.2 Å². The second-order valence-electron chi connectivity index (χ2n) is 12.3. The number of unbranched alkanes of at least 4 members (excludes halogenated alkanes) is 4. The van der Waals surface area contributed by atoms with Crippen LogP contribution < -0.4 is 0 Å². The fourth-order valence-corrected chi connectivity index (χ4v) is 5.43. The summed E-state index contributed by atoms with van der Waals surface area (Å²) < 4.78 is 0. The molecule has 208 valence electrons. The molecule has 0 bridgehead atoms. The maximum Gasteiger partial charge on any atom is 0.151 e. The third-order valence-electron chi connectivity index (χ3n) is 8.25. The highest BCUT2D eigenvalue weighted by Gasteiger charge is 2.27. The average Bonchev–Trinajstić information content (AvgIpc) is 3.33. The third-order valence-corrected chi connectivity index (χ3v) is 8.25. The van der Waals surface area contributed by atoms with E-state index in [2.05, 4.69) is 63.9 Å². The number of aromatic nitrogens is 3. The summed E-state index contributed by atoms with van der Waals surface area (Å²) in [6.07, 6.45) is 9.13. The highest BCUT2D eigenvalue weighted by atomic mass is 16.3. The molecule has 4 aromatic rings. The molecule has 0 spiro atoms. The lowest BCUT2D eigenvalue weighted by Crippen LogP contribution is -2.18. The second kappa shape index (κ2) is 11.8. The molecule has 0 aliphatic rings. The standard InChI is InChI=1S/C34H45N3O2/c1-7-9-13-19-33(3,4)24-17-18-31(38)26(21-24)27-22-25(34(5,6)20-14-10-8-2)23-30(32(27)39)37-35-28-15-11-12-16-29(28)36-37/h11-12,15-18,21-23,38-39H,7-10,13-14,19-20H2,1-6H3. The molecule has 0 aliphatic carbocycles. The van der Waals surface area contributed by atoms with E-state index in [4.69, 9.17) is 0 Å². The third kappa shape index (κ3) is 6.29. The second-order valence-corrected chi connectivity index (χ2v) is 12.3. The van der Waals surface area contributed by atoms with Crippen molar-refractivity contribution in [3.8, 4) is 28.3 Å². The Morgan fingerprint density at radius 3 is 1.77 bits per heavy atom. The molecule has 1 heterocycles.